The summed E-state index contributed by atoms with van der Waals surface area (Å²) in [6.45, 7) is 3.24. The van der Waals surface area contributed by atoms with Crippen molar-refractivity contribution in [2.24, 2.45) is 0 Å². The van der Waals surface area contributed by atoms with Gasteiger partial charge in [0.05, 0.1) is 11.3 Å². The molecule has 3 rings (SSSR count). The average Bonchev–Trinajstić information content (AvgIpc) is 3.10. The lowest BCUT2D eigenvalue weighted by atomic mass is 10.1. The van der Waals surface area contributed by atoms with Crippen LogP contribution in [0, 0.1) is 12.7 Å². The van der Waals surface area contributed by atoms with Crippen molar-refractivity contribution in [1.29, 1.82) is 0 Å². The average molecular weight is 421 g/mol. The predicted octanol–water partition coefficient (Wildman–Crippen LogP) is 3.84. The molecule has 134 valence electrons. The molecule has 2 aromatic heterocycles. The number of benzene rings is 1. The maximum atomic E-state index is 13.7. The number of ether oxygens (including phenoxy) is 1. The van der Waals surface area contributed by atoms with Crippen LogP contribution in [0.4, 0.5) is 10.1 Å². The van der Waals surface area contributed by atoms with E-state index in [1.54, 1.807) is 26.0 Å². The third-order valence-corrected chi connectivity index (χ3v) is 4.30. The first-order valence-corrected chi connectivity index (χ1v) is 8.37. The van der Waals surface area contributed by atoms with Crippen LogP contribution in [0.2, 0.25) is 0 Å². The summed E-state index contributed by atoms with van der Waals surface area (Å²) in [4.78, 5) is 20.4. The van der Waals surface area contributed by atoms with E-state index in [0.717, 1.165) is 0 Å². The highest BCUT2D eigenvalue weighted by molar-refractivity contribution is 9.10. The molecule has 9 heteroatoms. The van der Waals surface area contributed by atoms with Gasteiger partial charge in [-0.15, -0.1) is 0 Å². The first-order valence-electron chi connectivity index (χ1n) is 7.58. The smallest absolute Gasteiger partial charge is 0.341 e. The van der Waals surface area contributed by atoms with Gasteiger partial charge in [0.25, 0.3) is 5.89 Å². The minimum atomic E-state index is -0.814. The van der Waals surface area contributed by atoms with Gasteiger partial charge >= 0.3 is 5.97 Å². The summed E-state index contributed by atoms with van der Waals surface area (Å²) >= 11 is 3.15. The highest BCUT2D eigenvalue weighted by atomic mass is 79.9. The highest BCUT2D eigenvalue weighted by Crippen LogP contribution is 2.25. The Hall–Kier alpha value is -2.81. The van der Waals surface area contributed by atoms with E-state index in [4.69, 9.17) is 15.0 Å². The number of hydrogen-bond acceptors (Lipinski definition) is 7. The maximum absolute atomic E-state index is 13.7. The SMILES string of the molecule is Cc1ccc(-c2noc(C(C)OC(=O)c3ccnc(Br)c3N)n2)cc1F. The largest absolute Gasteiger partial charge is 0.449 e. The number of carbonyl (C=O) groups excluding carboxylic acids is 1. The van der Waals surface area contributed by atoms with Gasteiger partial charge in [0, 0.05) is 11.8 Å². The first kappa shape index (κ1) is 18.0. The second kappa shape index (κ2) is 7.20. The molecule has 1 atom stereocenters. The van der Waals surface area contributed by atoms with E-state index < -0.39 is 12.1 Å². The Balaban J connectivity index is 1.77. The maximum Gasteiger partial charge on any atom is 0.341 e. The molecule has 0 saturated heterocycles. The number of nitrogen functional groups attached to an aromatic ring is 1. The molecule has 0 radical (unpaired) electrons. The molecule has 0 spiro atoms. The van der Waals surface area contributed by atoms with Crippen molar-refractivity contribution in [2.75, 3.05) is 5.73 Å². The van der Waals surface area contributed by atoms with Gasteiger partial charge in [-0.05, 0) is 47.5 Å². The number of nitrogens with two attached hydrogens (primary N) is 1. The Morgan fingerprint density at radius 1 is 1.38 bits per heavy atom. The Bertz CT molecular complexity index is 976. The van der Waals surface area contributed by atoms with Gasteiger partial charge in [-0.2, -0.15) is 4.98 Å². The fraction of sp³-hybridized carbons (Fsp3) is 0.176. The van der Waals surface area contributed by atoms with E-state index in [1.165, 1.54) is 18.3 Å². The quantitative estimate of drug-likeness (QED) is 0.504. The van der Waals surface area contributed by atoms with Gasteiger partial charge in [-0.25, -0.2) is 14.2 Å². The molecule has 0 saturated carbocycles. The van der Waals surface area contributed by atoms with Crippen molar-refractivity contribution in [3.63, 3.8) is 0 Å². The number of anilines is 1. The minimum absolute atomic E-state index is 0.0843. The normalized spacial score (nSPS) is 12.0. The molecule has 1 unspecified atom stereocenters. The Morgan fingerprint density at radius 3 is 2.88 bits per heavy atom. The van der Waals surface area contributed by atoms with E-state index in [1.807, 2.05) is 0 Å². The molecule has 2 N–H and O–H groups in total. The topological polar surface area (TPSA) is 104 Å². The number of halogens is 2. The van der Waals surface area contributed by atoms with Crippen molar-refractivity contribution >= 4 is 27.6 Å². The molecule has 2 heterocycles. The van der Waals surface area contributed by atoms with Crippen LogP contribution in [0.25, 0.3) is 11.4 Å². The molecule has 1 aromatic carbocycles. The van der Waals surface area contributed by atoms with Crippen LogP contribution in [0.3, 0.4) is 0 Å². The fourth-order valence-electron chi connectivity index (χ4n) is 2.15. The Labute approximate surface area is 156 Å². The molecule has 0 aliphatic heterocycles. The van der Waals surface area contributed by atoms with Crippen molar-refractivity contribution < 1.29 is 18.4 Å². The molecule has 0 fully saturated rings. The molecule has 0 aliphatic carbocycles. The Kier molecular flexibility index (Phi) is 4.99. The lowest BCUT2D eigenvalue weighted by Crippen LogP contribution is -2.12. The van der Waals surface area contributed by atoms with Crippen LogP contribution in [0.1, 0.15) is 34.8 Å². The number of carbonyl (C=O) groups is 1. The van der Waals surface area contributed by atoms with E-state index >= 15 is 0 Å². The molecular weight excluding hydrogens is 407 g/mol. The van der Waals surface area contributed by atoms with Crippen molar-refractivity contribution in [1.82, 2.24) is 15.1 Å². The summed E-state index contributed by atoms with van der Waals surface area (Å²) < 4.78 is 24.5. The third kappa shape index (κ3) is 3.57. The minimum Gasteiger partial charge on any atom is -0.449 e. The standard InChI is InChI=1S/C17H14BrFN4O3/c1-8-3-4-10(7-12(8)19)15-22-16(26-23-15)9(2)25-17(24)11-5-6-21-14(18)13(11)20/h3-7,9H,20H2,1-2H3. The van der Waals surface area contributed by atoms with Crippen molar-refractivity contribution in [2.45, 2.75) is 20.0 Å². The second-order valence-electron chi connectivity index (χ2n) is 5.53. The Morgan fingerprint density at radius 2 is 2.15 bits per heavy atom. The summed E-state index contributed by atoms with van der Waals surface area (Å²) in [6.07, 6.45) is 0.615. The van der Waals surface area contributed by atoms with Crippen molar-refractivity contribution in [3.8, 4) is 11.4 Å². The number of aromatic nitrogens is 3. The zero-order valence-electron chi connectivity index (χ0n) is 13.9. The van der Waals surface area contributed by atoms with Gasteiger partial charge in [0.15, 0.2) is 6.10 Å². The van der Waals surface area contributed by atoms with E-state index in [-0.39, 0.29) is 28.8 Å². The summed E-state index contributed by atoms with van der Waals surface area (Å²) in [5, 5.41) is 3.80. The van der Waals surface area contributed by atoms with Crippen LogP contribution in [-0.4, -0.2) is 21.1 Å². The first-order chi connectivity index (χ1) is 12.4. The molecule has 0 aliphatic rings. The van der Waals surface area contributed by atoms with Crippen LogP contribution < -0.4 is 5.73 Å². The van der Waals surface area contributed by atoms with Crippen LogP contribution in [0.5, 0.6) is 0 Å². The molecule has 7 nitrogen and oxygen atoms in total. The number of rotatable bonds is 4. The number of hydrogen-bond donors (Lipinski definition) is 1. The molecule has 3 aromatic rings. The molecule has 0 bridgehead atoms. The van der Waals surface area contributed by atoms with Gasteiger partial charge in [0.1, 0.15) is 10.4 Å². The van der Waals surface area contributed by atoms with Crippen LogP contribution in [0.15, 0.2) is 39.6 Å². The molecular formula is C17H14BrFN4O3. The lowest BCUT2D eigenvalue weighted by Gasteiger charge is -2.10. The monoisotopic (exact) mass is 420 g/mol. The predicted molar refractivity (Wildman–Crippen MR) is 94.6 cm³/mol. The van der Waals surface area contributed by atoms with Gasteiger partial charge in [-0.1, -0.05) is 17.3 Å². The molecule has 26 heavy (non-hydrogen) atoms. The number of nitrogens with zero attached hydrogens (tertiary/aromatic N) is 3. The number of esters is 1. The van der Waals surface area contributed by atoms with E-state index in [0.29, 0.717) is 15.7 Å². The van der Waals surface area contributed by atoms with E-state index in [9.17, 15) is 9.18 Å². The van der Waals surface area contributed by atoms with Crippen molar-refractivity contribution in [3.05, 3.63) is 57.9 Å². The van der Waals surface area contributed by atoms with Gasteiger partial charge in [0.2, 0.25) is 5.82 Å². The van der Waals surface area contributed by atoms with Gasteiger partial charge in [-0.3, -0.25) is 0 Å². The summed E-state index contributed by atoms with van der Waals surface area (Å²) in [6, 6.07) is 6.06. The summed E-state index contributed by atoms with van der Waals surface area (Å²) in [5.74, 6) is -0.736. The van der Waals surface area contributed by atoms with E-state index in [2.05, 4.69) is 31.1 Å². The highest BCUT2D eigenvalue weighted by Gasteiger charge is 2.22. The zero-order valence-corrected chi connectivity index (χ0v) is 15.4. The number of pyridine rings is 1. The fourth-order valence-corrected chi connectivity index (χ4v) is 2.48. The zero-order chi connectivity index (χ0) is 18.8. The lowest BCUT2D eigenvalue weighted by molar-refractivity contribution is 0.0266. The number of aryl methyl sites for hydroxylation is 1. The third-order valence-electron chi connectivity index (χ3n) is 3.66. The summed E-state index contributed by atoms with van der Waals surface area (Å²) in [7, 11) is 0. The molecule has 0 amide bonds. The summed E-state index contributed by atoms with van der Waals surface area (Å²) in [5.41, 5.74) is 7.12. The van der Waals surface area contributed by atoms with Gasteiger partial charge < -0.3 is 15.0 Å². The van der Waals surface area contributed by atoms with Crippen LogP contribution in [-0.2, 0) is 4.74 Å². The second-order valence-corrected chi connectivity index (χ2v) is 6.28. The van der Waals surface area contributed by atoms with Crippen LogP contribution >= 0.6 is 15.9 Å².